The zero-order valence-electron chi connectivity index (χ0n) is 11.1. The summed E-state index contributed by atoms with van der Waals surface area (Å²) >= 11 is 1.43. The molecule has 0 aromatic rings. The molecule has 2 fully saturated rings. The number of hydrogen-bond acceptors (Lipinski definition) is 7. The van der Waals surface area contributed by atoms with Gasteiger partial charge in [-0.3, -0.25) is 0 Å². The Balaban J connectivity index is 1.87. The molecule has 0 aromatic heterocycles. The molecule has 0 bridgehead atoms. The summed E-state index contributed by atoms with van der Waals surface area (Å²) in [7, 11) is -2.02. The van der Waals surface area contributed by atoms with Crippen LogP contribution in [-0.4, -0.2) is 74.6 Å². The van der Waals surface area contributed by atoms with Crippen LogP contribution in [0.1, 0.15) is 12.8 Å². The lowest BCUT2D eigenvalue weighted by Gasteiger charge is -2.29. The Labute approximate surface area is 119 Å². The summed E-state index contributed by atoms with van der Waals surface area (Å²) in [6, 6.07) is 0.0471. The molecule has 0 N–H and O–H groups in total. The monoisotopic (exact) mass is 328 g/mol. The highest BCUT2D eigenvalue weighted by molar-refractivity contribution is 7.95. The summed E-state index contributed by atoms with van der Waals surface area (Å²) in [4.78, 5) is 0. The van der Waals surface area contributed by atoms with Gasteiger partial charge in [-0.1, -0.05) is 0 Å². The average Bonchev–Trinajstić information content (AvgIpc) is 2.81. The molecule has 2 unspecified atom stereocenters. The Kier molecular flexibility index (Phi) is 4.51. The fourth-order valence-corrected chi connectivity index (χ4v) is 7.23. The van der Waals surface area contributed by atoms with Crippen LogP contribution in [0.15, 0.2) is 0 Å². The third-order valence-corrected chi connectivity index (χ3v) is 8.31. The minimum atomic E-state index is -2.88. The smallest absolute Gasteiger partial charge is 0.151 e. The average molecular weight is 328 g/mol. The van der Waals surface area contributed by atoms with Gasteiger partial charge in [-0.15, -0.1) is 0 Å². The van der Waals surface area contributed by atoms with Crippen molar-refractivity contribution < 1.29 is 16.8 Å². The largest absolute Gasteiger partial charge is 0.236 e. The van der Waals surface area contributed by atoms with E-state index in [0.29, 0.717) is 12.8 Å². The Morgan fingerprint density at radius 2 is 1.21 bits per heavy atom. The van der Waals surface area contributed by atoms with E-state index in [1.165, 1.54) is 12.1 Å². The molecule has 19 heavy (non-hydrogen) atoms. The van der Waals surface area contributed by atoms with Crippen molar-refractivity contribution in [3.05, 3.63) is 0 Å². The first-order valence-corrected chi connectivity index (χ1v) is 10.6. The molecule has 6 nitrogen and oxygen atoms in total. The first-order chi connectivity index (χ1) is 8.69. The Bertz CT molecular complexity index is 483. The van der Waals surface area contributed by atoms with Crippen LogP contribution in [-0.2, 0) is 19.7 Å². The molecule has 0 spiro atoms. The summed E-state index contributed by atoms with van der Waals surface area (Å²) in [5.74, 6) is 0.911. The van der Waals surface area contributed by atoms with Crippen molar-refractivity contribution in [2.75, 3.05) is 37.1 Å². The first kappa shape index (κ1) is 15.6. The van der Waals surface area contributed by atoms with E-state index in [1.54, 1.807) is 0 Å². The van der Waals surface area contributed by atoms with Crippen LogP contribution in [0.4, 0.5) is 0 Å². The van der Waals surface area contributed by atoms with E-state index in [1.807, 2.05) is 22.7 Å². The zero-order chi connectivity index (χ0) is 14.3. The highest BCUT2D eigenvalue weighted by Crippen LogP contribution is 2.28. The Morgan fingerprint density at radius 3 is 1.47 bits per heavy atom. The van der Waals surface area contributed by atoms with Gasteiger partial charge in [0.05, 0.1) is 23.0 Å². The quantitative estimate of drug-likeness (QED) is 0.661. The molecule has 0 aliphatic carbocycles. The van der Waals surface area contributed by atoms with Gasteiger partial charge in [0, 0.05) is 24.2 Å². The SMILES string of the molecule is CN(SN(C)C1CCS(=O)(=O)C1)C1CCS(=O)(=O)C1. The van der Waals surface area contributed by atoms with Crippen LogP contribution < -0.4 is 0 Å². The molecule has 2 saturated heterocycles. The molecule has 0 aromatic carbocycles. The minimum absolute atomic E-state index is 0.0236. The van der Waals surface area contributed by atoms with Crippen molar-refractivity contribution in [3.63, 3.8) is 0 Å². The number of sulfone groups is 2. The summed E-state index contributed by atoms with van der Waals surface area (Å²) in [5, 5.41) is 0. The summed E-state index contributed by atoms with van der Waals surface area (Å²) < 4.78 is 49.7. The lowest BCUT2D eigenvalue weighted by atomic mass is 10.3. The fraction of sp³-hybridized carbons (Fsp3) is 1.00. The van der Waals surface area contributed by atoms with Gasteiger partial charge < -0.3 is 0 Å². The van der Waals surface area contributed by atoms with Crippen molar-refractivity contribution in [3.8, 4) is 0 Å². The van der Waals surface area contributed by atoms with Crippen LogP contribution in [0.2, 0.25) is 0 Å². The Hall–Kier alpha value is 0.170. The van der Waals surface area contributed by atoms with Gasteiger partial charge in [-0.25, -0.2) is 25.4 Å². The second-order valence-electron chi connectivity index (χ2n) is 5.29. The number of rotatable bonds is 4. The summed E-state index contributed by atoms with van der Waals surface area (Å²) in [6.07, 6.45) is 1.31. The lowest BCUT2D eigenvalue weighted by molar-refractivity contribution is 0.386. The minimum Gasteiger partial charge on any atom is -0.236 e. The lowest BCUT2D eigenvalue weighted by Crippen LogP contribution is -2.35. The van der Waals surface area contributed by atoms with E-state index >= 15 is 0 Å². The second kappa shape index (κ2) is 5.51. The summed E-state index contributed by atoms with van der Waals surface area (Å²) in [6.45, 7) is 0. The van der Waals surface area contributed by atoms with Crippen molar-refractivity contribution in [1.82, 2.24) is 8.61 Å². The highest BCUT2D eigenvalue weighted by Gasteiger charge is 2.35. The molecule has 2 rings (SSSR count). The molecular formula is C10H20N2O4S3. The van der Waals surface area contributed by atoms with Gasteiger partial charge in [0.15, 0.2) is 19.7 Å². The maximum Gasteiger partial charge on any atom is 0.151 e. The maximum absolute atomic E-state index is 11.4. The normalized spacial score (nSPS) is 33.3. The third-order valence-electron chi connectivity index (χ3n) is 3.70. The molecule has 2 aliphatic rings. The van der Waals surface area contributed by atoms with E-state index in [4.69, 9.17) is 0 Å². The number of hydrogen-bond donors (Lipinski definition) is 0. The number of nitrogens with zero attached hydrogens (tertiary/aromatic N) is 2. The topological polar surface area (TPSA) is 74.8 Å². The molecular weight excluding hydrogens is 308 g/mol. The van der Waals surface area contributed by atoms with Gasteiger partial charge in [-0.05, 0) is 26.9 Å². The molecule has 0 saturated carbocycles. The van der Waals surface area contributed by atoms with Crippen LogP contribution >= 0.6 is 12.1 Å². The van der Waals surface area contributed by atoms with Gasteiger partial charge in [0.1, 0.15) is 0 Å². The predicted molar refractivity (Wildman–Crippen MR) is 77.2 cm³/mol. The molecule has 112 valence electrons. The van der Waals surface area contributed by atoms with Gasteiger partial charge in [0.2, 0.25) is 0 Å². The summed E-state index contributed by atoms with van der Waals surface area (Å²) in [5.41, 5.74) is 0. The second-order valence-corrected chi connectivity index (χ2v) is 11.1. The van der Waals surface area contributed by atoms with E-state index in [0.717, 1.165) is 0 Å². The molecule has 2 heterocycles. The first-order valence-electron chi connectivity index (χ1n) is 6.23. The van der Waals surface area contributed by atoms with E-state index in [-0.39, 0.29) is 35.1 Å². The van der Waals surface area contributed by atoms with E-state index in [9.17, 15) is 16.8 Å². The van der Waals surface area contributed by atoms with Crippen LogP contribution in [0.25, 0.3) is 0 Å². The van der Waals surface area contributed by atoms with Crippen molar-refractivity contribution in [1.29, 1.82) is 0 Å². The van der Waals surface area contributed by atoms with Crippen molar-refractivity contribution >= 4 is 31.8 Å². The third kappa shape index (κ3) is 4.07. The van der Waals surface area contributed by atoms with Gasteiger partial charge in [-0.2, -0.15) is 0 Å². The molecule has 0 amide bonds. The van der Waals surface area contributed by atoms with Crippen LogP contribution in [0, 0.1) is 0 Å². The molecule has 2 atom stereocenters. The van der Waals surface area contributed by atoms with Crippen LogP contribution in [0.5, 0.6) is 0 Å². The van der Waals surface area contributed by atoms with Crippen molar-refractivity contribution in [2.45, 2.75) is 24.9 Å². The molecule has 2 aliphatic heterocycles. The predicted octanol–water partition coefficient (Wildman–Crippen LogP) is -0.213. The van der Waals surface area contributed by atoms with E-state index < -0.39 is 19.7 Å². The van der Waals surface area contributed by atoms with Gasteiger partial charge in [0.25, 0.3) is 0 Å². The molecule has 0 radical (unpaired) electrons. The van der Waals surface area contributed by atoms with Crippen molar-refractivity contribution in [2.24, 2.45) is 0 Å². The molecule has 9 heteroatoms. The van der Waals surface area contributed by atoms with E-state index in [2.05, 4.69) is 0 Å². The zero-order valence-corrected chi connectivity index (χ0v) is 13.6. The standard InChI is InChI=1S/C10H20N2O4S3/c1-11(9-3-5-18(13,14)7-9)17-12(2)10-4-6-19(15,16)8-10/h9-10H,3-8H2,1-2H3. The highest BCUT2D eigenvalue weighted by atomic mass is 32.2. The Morgan fingerprint density at radius 1 is 0.842 bits per heavy atom. The van der Waals surface area contributed by atoms with Gasteiger partial charge >= 0.3 is 0 Å². The fourth-order valence-electron chi connectivity index (χ4n) is 2.46. The van der Waals surface area contributed by atoms with Crippen LogP contribution in [0.3, 0.4) is 0 Å². The maximum atomic E-state index is 11.4.